The lowest BCUT2D eigenvalue weighted by Gasteiger charge is -2.07. The maximum atomic E-state index is 4.29. The molecule has 2 nitrogen and oxygen atoms in total. The van der Waals surface area contributed by atoms with Crippen molar-refractivity contribution in [1.29, 1.82) is 0 Å². The summed E-state index contributed by atoms with van der Waals surface area (Å²) in [5, 5.41) is 2.53. The number of halogens is 1. The second-order valence-electron chi connectivity index (χ2n) is 4.73. The van der Waals surface area contributed by atoms with Gasteiger partial charge < -0.3 is 4.57 Å². The van der Waals surface area contributed by atoms with Gasteiger partial charge in [0.15, 0.2) is 0 Å². The van der Waals surface area contributed by atoms with Crippen molar-refractivity contribution in [2.45, 2.75) is 0 Å². The van der Waals surface area contributed by atoms with Gasteiger partial charge in [-0.15, -0.1) is 0 Å². The Morgan fingerprint density at radius 1 is 0.800 bits per heavy atom. The molecule has 2 heterocycles. The molecule has 0 aliphatic heterocycles. The molecule has 96 valence electrons. The average Bonchev–Trinajstić information content (AvgIpc) is 2.82. The van der Waals surface area contributed by atoms with Crippen molar-refractivity contribution >= 4 is 37.7 Å². The lowest BCUT2D eigenvalue weighted by molar-refractivity contribution is 1.13. The Labute approximate surface area is 124 Å². The number of hydrogen-bond acceptors (Lipinski definition) is 1. The number of pyridine rings is 1. The van der Waals surface area contributed by atoms with Gasteiger partial charge >= 0.3 is 0 Å². The van der Waals surface area contributed by atoms with E-state index in [4.69, 9.17) is 0 Å². The van der Waals surface area contributed by atoms with E-state index in [9.17, 15) is 0 Å². The van der Waals surface area contributed by atoms with E-state index < -0.39 is 0 Å². The van der Waals surface area contributed by atoms with E-state index >= 15 is 0 Å². The van der Waals surface area contributed by atoms with Crippen molar-refractivity contribution in [3.63, 3.8) is 0 Å². The number of fused-ring (bicyclic) bond motifs is 3. The molecule has 0 aliphatic rings. The minimum absolute atomic E-state index is 0.983. The summed E-state index contributed by atoms with van der Waals surface area (Å²) in [6, 6.07) is 19.0. The molecular weight excluding hydrogens is 312 g/mol. The Hall–Kier alpha value is -2.13. The Bertz CT molecular complexity index is 871. The molecular formula is C17H11BrN2. The van der Waals surface area contributed by atoms with Crippen molar-refractivity contribution in [2.24, 2.45) is 0 Å². The van der Waals surface area contributed by atoms with Gasteiger partial charge in [-0.25, -0.2) is 0 Å². The molecule has 0 unspecified atom stereocenters. The molecule has 3 heteroatoms. The van der Waals surface area contributed by atoms with Gasteiger partial charge in [0.2, 0.25) is 0 Å². The van der Waals surface area contributed by atoms with Crippen LogP contribution in [0.3, 0.4) is 0 Å². The van der Waals surface area contributed by atoms with Gasteiger partial charge in [-0.1, -0.05) is 36.4 Å². The van der Waals surface area contributed by atoms with Crippen LogP contribution in [0.25, 0.3) is 27.5 Å². The molecule has 4 rings (SSSR count). The summed E-state index contributed by atoms with van der Waals surface area (Å²) < 4.78 is 3.24. The minimum atomic E-state index is 0.983. The Kier molecular flexibility index (Phi) is 2.60. The van der Waals surface area contributed by atoms with Crippen LogP contribution in [0, 0.1) is 0 Å². The van der Waals surface area contributed by atoms with Crippen molar-refractivity contribution in [2.75, 3.05) is 0 Å². The van der Waals surface area contributed by atoms with Gasteiger partial charge in [0.05, 0.1) is 22.9 Å². The fraction of sp³-hybridized carbons (Fsp3) is 0. The molecule has 0 saturated carbocycles. The van der Waals surface area contributed by atoms with Crippen LogP contribution in [0.5, 0.6) is 0 Å². The number of rotatable bonds is 1. The van der Waals surface area contributed by atoms with Gasteiger partial charge in [0.25, 0.3) is 0 Å². The summed E-state index contributed by atoms with van der Waals surface area (Å²) >= 11 is 3.50. The molecule has 0 bridgehead atoms. The quantitative estimate of drug-likeness (QED) is 0.485. The number of nitrogens with zero attached hydrogens (tertiary/aromatic N) is 2. The van der Waals surface area contributed by atoms with Crippen LogP contribution in [0.15, 0.2) is 71.5 Å². The summed E-state index contributed by atoms with van der Waals surface area (Å²) in [5.41, 5.74) is 3.47. The molecule has 0 radical (unpaired) electrons. The number of para-hydroxylation sites is 2. The van der Waals surface area contributed by atoms with Gasteiger partial charge in [0, 0.05) is 21.4 Å². The predicted molar refractivity (Wildman–Crippen MR) is 86.3 cm³/mol. The van der Waals surface area contributed by atoms with Crippen LogP contribution < -0.4 is 0 Å². The maximum absolute atomic E-state index is 4.29. The Morgan fingerprint density at radius 2 is 1.40 bits per heavy atom. The summed E-state index contributed by atoms with van der Waals surface area (Å²) in [7, 11) is 0. The van der Waals surface area contributed by atoms with E-state index in [0.717, 1.165) is 10.2 Å². The third-order valence-electron chi connectivity index (χ3n) is 3.53. The largest absolute Gasteiger partial charge is 0.308 e. The molecule has 0 fully saturated rings. The van der Waals surface area contributed by atoms with Crippen LogP contribution >= 0.6 is 15.9 Å². The molecule has 0 aliphatic carbocycles. The normalized spacial score (nSPS) is 11.2. The summed E-state index contributed by atoms with van der Waals surface area (Å²) in [4.78, 5) is 4.29. The molecule has 0 N–H and O–H groups in total. The Morgan fingerprint density at radius 3 is 2.00 bits per heavy atom. The van der Waals surface area contributed by atoms with Gasteiger partial charge in [-0.2, -0.15) is 0 Å². The Balaban J connectivity index is 2.21. The lowest BCUT2D eigenvalue weighted by Crippen LogP contribution is -1.94. The van der Waals surface area contributed by atoms with Gasteiger partial charge in [-0.05, 0) is 34.1 Å². The molecule has 4 aromatic rings. The maximum Gasteiger partial charge on any atom is 0.0656 e. The second-order valence-corrected chi connectivity index (χ2v) is 5.65. The van der Waals surface area contributed by atoms with E-state index in [-0.39, 0.29) is 0 Å². The zero-order chi connectivity index (χ0) is 13.5. The van der Waals surface area contributed by atoms with E-state index in [0.29, 0.717) is 0 Å². The van der Waals surface area contributed by atoms with Crippen molar-refractivity contribution in [3.8, 4) is 5.69 Å². The molecule has 0 saturated heterocycles. The zero-order valence-electron chi connectivity index (χ0n) is 10.6. The van der Waals surface area contributed by atoms with E-state index in [1.165, 1.54) is 21.8 Å². The third-order valence-corrected chi connectivity index (χ3v) is 3.96. The average molecular weight is 323 g/mol. The second kappa shape index (κ2) is 4.46. The first kappa shape index (κ1) is 11.7. The molecule has 2 aromatic carbocycles. The lowest BCUT2D eigenvalue weighted by atomic mass is 10.2. The van der Waals surface area contributed by atoms with E-state index in [1.54, 1.807) is 6.20 Å². The van der Waals surface area contributed by atoms with Gasteiger partial charge in [-0.3, -0.25) is 4.98 Å². The minimum Gasteiger partial charge on any atom is -0.308 e. The van der Waals surface area contributed by atoms with Crippen LogP contribution in [0.4, 0.5) is 0 Å². The highest BCUT2D eigenvalue weighted by molar-refractivity contribution is 9.10. The third kappa shape index (κ3) is 1.67. The summed E-state index contributed by atoms with van der Waals surface area (Å²) in [6.07, 6.45) is 3.70. The first-order valence-electron chi connectivity index (χ1n) is 6.44. The van der Waals surface area contributed by atoms with Crippen molar-refractivity contribution in [1.82, 2.24) is 9.55 Å². The predicted octanol–water partition coefficient (Wildman–Crippen LogP) is 4.94. The van der Waals surface area contributed by atoms with Crippen molar-refractivity contribution in [3.05, 3.63) is 71.5 Å². The van der Waals surface area contributed by atoms with Gasteiger partial charge in [0.1, 0.15) is 0 Å². The first-order chi connectivity index (χ1) is 9.84. The van der Waals surface area contributed by atoms with Crippen LogP contribution in [0.1, 0.15) is 0 Å². The summed E-state index contributed by atoms with van der Waals surface area (Å²) in [5.74, 6) is 0. The number of hydrogen-bond donors (Lipinski definition) is 0. The fourth-order valence-electron chi connectivity index (χ4n) is 2.72. The van der Waals surface area contributed by atoms with Crippen LogP contribution in [-0.4, -0.2) is 9.55 Å². The topological polar surface area (TPSA) is 17.8 Å². The summed E-state index contributed by atoms with van der Waals surface area (Å²) in [6.45, 7) is 0. The first-order valence-corrected chi connectivity index (χ1v) is 7.23. The SMILES string of the molecule is Brc1cncc(-n2c3ccccc3c3ccccc32)c1. The standard InChI is InChI=1S/C17H11BrN2/c18-12-9-13(11-19-10-12)20-16-7-3-1-5-14(16)15-6-2-4-8-17(15)20/h1-11H. The molecule has 0 atom stereocenters. The molecule has 0 amide bonds. The highest BCUT2D eigenvalue weighted by Crippen LogP contribution is 2.31. The van der Waals surface area contributed by atoms with E-state index in [1.807, 2.05) is 6.20 Å². The van der Waals surface area contributed by atoms with Crippen LogP contribution in [-0.2, 0) is 0 Å². The number of aromatic nitrogens is 2. The van der Waals surface area contributed by atoms with Crippen LogP contribution in [0.2, 0.25) is 0 Å². The fourth-order valence-corrected chi connectivity index (χ4v) is 3.08. The van der Waals surface area contributed by atoms with Crippen molar-refractivity contribution < 1.29 is 0 Å². The number of benzene rings is 2. The molecule has 2 aromatic heterocycles. The van der Waals surface area contributed by atoms with E-state index in [2.05, 4.69) is 80.1 Å². The smallest absolute Gasteiger partial charge is 0.0656 e. The highest BCUT2D eigenvalue weighted by Gasteiger charge is 2.11. The monoisotopic (exact) mass is 322 g/mol. The molecule has 20 heavy (non-hydrogen) atoms. The molecule has 0 spiro atoms. The highest BCUT2D eigenvalue weighted by atomic mass is 79.9. The zero-order valence-corrected chi connectivity index (χ0v) is 12.2.